The minimum atomic E-state index is 0.613. The molecule has 2 rings (SSSR count). The number of hydrogen-bond donors (Lipinski definition) is 1. The lowest BCUT2D eigenvalue weighted by Crippen LogP contribution is -2.50. The van der Waals surface area contributed by atoms with Crippen molar-refractivity contribution in [3.63, 3.8) is 0 Å². The van der Waals surface area contributed by atoms with E-state index in [1.807, 2.05) is 0 Å². The van der Waals surface area contributed by atoms with Crippen molar-refractivity contribution in [2.75, 3.05) is 46.6 Å². The summed E-state index contributed by atoms with van der Waals surface area (Å²) in [7, 11) is 1.80. The summed E-state index contributed by atoms with van der Waals surface area (Å²) >= 11 is 0. The number of rotatable bonds is 9. The molecule has 1 aliphatic carbocycles. The second-order valence-corrected chi connectivity index (χ2v) is 6.35. The molecule has 20 heavy (non-hydrogen) atoms. The van der Waals surface area contributed by atoms with Gasteiger partial charge in [0.05, 0.1) is 13.2 Å². The van der Waals surface area contributed by atoms with E-state index in [1.165, 1.54) is 12.8 Å². The molecule has 0 amide bonds. The van der Waals surface area contributed by atoms with Gasteiger partial charge in [-0.2, -0.15) is 0 Å². The molecular formula is C16H32N2O2. The van der Waals surface area contributed by atoms with E-state index in [9.17, 15) is 0 Å². The lowest BCUT2D eigenvalue weighted by Gasteiger charge is -2.38. The molecule has 0 spiro atoms. The van der Waals surface area contributed by atoms with E-state index in [1.54, 1.807) is 7.11 Å². The van der Waals surface area contributed by atoms with E-state index in [-0.39, 0.29) is 0 Å². The molecule has 0 aromatic rings. The Morgan fingerprint density at radius 2 is 2.15 bits per heavy atom. The van der Waals surface area contributed by atoms with Crippen LogP contribution in [-0.4, -0.2) is 63.5 Å². The molecule has 0 aromatic heterocycles. The second-order valence-electron chi connectivity index (χ2n) is 6.35. The van der Waals surface area contributed by atoms with Gasteiger partial charge in [-0.15, -0.1) is 0 Å². The van der Waals surface area contributed by atoms with Crippen molar-refractivity contribution in [2.45, 2.75) is 45.2 Å². The van der Waals surface area contributed by atoms with Crippen LogP contribution < -0.4 is 5.32 Å². The first-order valence-corrected chi connectivity index (χ1v) is 8.30. The lowest BCUT2D eigenvalue weighted by atomic mass is 9.94. The van der Waals surface area contributed by atoms with Gasteiger partial charge >= 0.3 is 0 Å². The molecule has 1 saturated carbocycles. The van der Waals surface area contributed by atoms with Gasteiger partial charge in [-0.25, -0.2) is 0 Å². The molecule has 1 aliphatic heterocycles. The van der Waals surface area contributed by atoms with Crippen molar-refractivity contribution in [2.24, 2.45) is 11.8 Å². The molecule has 3 atom stereocenters. The molecule has 0 bridgehead atoms. The first kappa shape index (κ1) is 16.2. The highest BCUT2D eigenvalue weighted by atomic mass is 16.5. The summed E-state index contributed by atoms with van der Waals surface area (Å²) in [5.74, 6) is 1.52. The van der Waals surface area contributed by atoms with Crippen LogP contribution >= 0.6 is 0 Å². The van der Waals surface area contributed by atoms with Crippen LogP contribution in [0.25, 0.3) is 0 Å². The van der Waals surface area contributed by atoms with Crippen LogP contribution in [0, 0.1) is 11.8 Å². The quantitative estimate of drug-likeness (QED) is 0.699. The summed E-state index contributed by atoms with van der Waals surface area (Å²) in [6.45, 7) is 10.5. The minimum absolute atomic E-state index is 0.613. The molecular weight excluding hydrogens is 252 g/mol. The van der Waals surface area contributed by atoms with Crippen molar-refractivity contribution in [3.05, 3.63) is 0 Å². The molecule has 4 heteroatoms. The third-order valence-corrected chi connectivity index (χ3v) is 4.87. The molecule has 4 nitrogen and oxygen atoms in total. The maximum absolute atomic E-state index is 5.72. The highest BCUT2D eigenvalue weighted by Gasteiger charge is 2.34. The molecule has 1 saturated heterocycles. The van der Waals surface area contributed by atoms with Gasteiger partial charge in [-0.3, -0.25) is 4.90 Å². The fourth-order valence-electron chi connectivity index (χ4n) is 3.36. The summed E-state index contributed by atoms with van der Waals surface area (Å²) in [5, 5.41) is 3.64. The van der Waals surface area contributed by atoms with Crippen LogP contribution in [0.2, 0.25) is 0 Å². The summed E-state index contributed by atoms with van der Waals surface area (Å²) < 4.78 is 11.0. The van der Waals surface area contributed by atoms with Gasteiger partial charge < -0.3 is 14.8 Å². The summed E-state index contributed by atoms with van der Waals surface area (Å²) in [6, 6.07) is 1.31. The molecule has 1 N–H and O–H groups in total. The average Bonchev–Trinajstić information content (AvgIpc) is 3.29. The molecule has 118 valence electrons. The van der Waals surface area contributed by atoms with E-state index >= 15 is 0 Å². The number of ether oxygens (including phenoxy) is 2. The summed E-state index contributed by atoms with van der Waals surface area (Å²) in [6.07, 6.45) is 3.96. The van der Waals surface area contributed by atoms with Gasteiger partial charge in [0.25, 0.3) is 0 Å². The Bertz CT molecular complexity index is 269. The van der Waals surface area contributed by atoms with Gasteiger partial charge in [0.1, 0.15) is 0 Å². The summed E-state index contributed by atoms with van der Waals surface area (Å²) in [4.78, 5) is 2.63. The topological polar surface area (TPSA) is 33.7 Å². The maximum Gasteiger partial charge on any atom is 0.0589 e. The molecule has 2 fully saturated rings. The Morgan fingerprint density at radius 3 is 2.80 bits per heavy atom. The molecule has 1 heterocycles. The van der Waals surface area contributed by atoms with Gasteiger partial charge in [0.15, 0.2) is 0 Å². The highest BCUT2D eigenvalue weighted by Crippen LogP contribution is 2.35. The van der Waals surface area contributed by atoms with E-state index < -0.39 is 0 Å². The van der Waals surface area contributed by atoms with Crippen LogP contribution in [0.5, 0.6) is 0 Å². The van der Waals surface area contributed by atoms with Gasteiger partial charge in [0, 0.05) is 44.8 Å². The van der Waals surface area contributed by atoms with Crippen molar-refractivity contribution in [1.29, 1.82) is 0 Å². The van der Waals surface area contributed by atoms with Crippen molar-refractivity contribution < 1.29 is 9.47 Å². The fraction of sp³-hybridized carbons (Fsp3) is 1.00. The average molecular weight is 284 g/mol. The number of methoxy groups -OCH3 is 1. The van der Waals surface area contributed by atoms with Crippen LogP contribution in [0.4, 0.5) is 0 Å². The monoisotopic (exact) mass is 284 g/mol. The smallest absolute Gasteiger partial charge is 0.0589 e. The number of nitrogens with zero attached hydrogens (tertiary/aromatic N) is 1. The molecule has 2 aliphatic rings. The van der Waals surface area contributed by atoms with E-state index in [4.69, 9.17) is 9.47 Å². The van der Waals surface area contributed by atoms with Crippen LogP contribution in [0.1, 0.15) is 33.1 Å². The van der Waals surface area contributed by atoms with E-state index in [0.29, 0.717) is 18.0 Å². The third kappa shape index (κ3) is 4.69. The maximum atomic E-state index is 5.72. The zero-order valence-electron chi connectivity index (χ0n) is 13.4. The molecule has 0 aromatic carbocycles. The van der Waals surface area contributed by atoms with Crippen molar-refractivity contribution in [1.82, 2.24) is 10.2 Å². The van der Waals surface area contributed by atoms with Gasteiger partial charge in [-0.1, -0.05) is 6.92 Å². The Labute approximate surface area is 124 Å². The van der Waals surface area contributed by atoms with Crippen molar-refractivity contribution >= 4 is 0 Å². The molecule has 3 unspecified atom stereocenters. The zero-order valence-corrected chi connectivity index (χ0v) is 13.4. The highest BCUT2D eigenvalue weighted by molar-refractivity contribution is 4.88. The lowest BCUT2D eigenvalue weighted by molar-refractivity contribution is 0.00520. The van der Waals surface area contributed by atoms with Crippen LogP contribution in [0.15, 0.2) is 0 Å². The predicted octanol–water partition coefficient (Wildman–Crippen LogP) is 1.75. The number of nitrogens with one attached hydrogen (secondary N) is 1. The first-order chi connectivity index (χ1) is 9.76. The minimum Gasteiger partial charge on any atom is -0.383 e. The Balaban J connectivity index is 1.89. The Morgan fingerprint density at radius 1 is 1.35 bits per heavy atom. The largest absolute Gasteiger partial charge is 0.383 e. The Kier molecular flexibility index (Phi) is 6.75. The Hall–Kier alpha value is -0.160. The van der Waals surface area contributed by atoms with Crippen LogP contribution in [-0.2, 0) is 9.47 Å². The first-order valence-electron chi connectivity index (χ1n) is 8.30. The standard InChI is InChI=1S/C16H32N2O2/c1-4-17-16-7-9-20-12-15(16)11-18(8-10-19-3)13(2)14-5-6-14/h13-17H,4-12H2,1-3H3. The molecule has 0 radical (unpaired) electrons. The van der Waals surface area contributed by atoms with Gasteiger partial charge in [-0.05, 0) is 38.6 Å². The second kappa shape index (κ2) is 8.32. The zero-order chi connectivity index (χ0) is 14.4. The number of hydrogen-bond acceptors (Lipinski definition) is 4. The predicted molar refractivity (Wildman–Crippen MR) is 82.0 cm³/mol. The van der Waals surface area contributed by atoms with E-state index in [0.717, 1.165) is 51.8 Å². The van der Waals surface area contributed by atoms with Gasteiger partial charge in [0.2, 0.25) is 0 Å². The normalized spacial score (nSPS) is 28.8. The summed E-state index contributed by atoms with van der Waals surface area (Å²) in [5.41, 5.74) is 0. The van der Waals surface area contributed by atoms with E-state index in [2.05, 4.69) is 24.1 Å². The SMILES string of the molecule is CCNC1CCOCC1CN(CCOC)C(C)C1CC1. The fourth-order valence-corrected chi connectivity index (χ4v) is 3.36. The van der Waals surface area contributed by atoms with Crippen molar-refractivity contribution in [3.8, 4) is 0 Å². The third-order valence-electron chi connectivity index (χ3n) is 4.87. The van der Waals surface area contributed by atoms with Crippen LogP contribution in [0.3, 0.4) is 0 Å².